The summed E-state index contributed by atoms with van der Waals surface area (Å²) < 4.78 is 0. The SMILES string of the molecule is CC(=O)N1CCN(Cc2ccc(C(=O)NC3CCCCC3N)cc2NC(=O)c2ccc(C(C)(C)C)cc2)CC1. The number of anilines is 1. The molecule has 39 heavy (non-hydrogen) atoms. The normalized spacial score (nSPS) is 20.4. The minimum Gasteiger partial charge on any atom is -0.348 e. The van der Waals surface area contributed by atoms with Crippen molar-refractivity contribution in [2.45, 2.75) is 77.4 Å². The largest absolute Gasteiger partial charge is 0.348 e. The number of amides is 3. The summed E-state index contributed by atoms with van der Waals surface area (Å²) in [5.74, 6) is -0.304. The lowest BCUT2D eigenvalue weighted by atomic mass is 9.86. The Bertz CT molecular complexity index is 1180. The van der Waals surface area contributed by atoms with Crippen LogP contribution in [0.3, 0.4) is 0 Å². The molecule has 1 aliphatic carbocycles. The molecule has 1 saturated carbocycles. The molecular weight excluding hydrogens is 490 g/mol. The van der Waals surface area contributed by atoms with Crippen molar-refractivity contribution in [3.8, 4) is 0 Å². The molecule has 2 aromatic carbocycles. The molecule has 1 saturated heterocycles. The highest BCUT2D eigenvalue weighted by molar-refractivity contribution is 6.05. The Kier molecular flexibility index (Phi) is 9.08. The molecule has 2 atom stereocenters. The maximum absolute atomic E-state index is 13.3. The van der Waals surface area contributed by atoms with E-state index in [1.807, 2.05) is 41.3 Å². The summed E-state index contributed by atoms with van der Waals surface area (Å²) in [7, 11) is 0. The van der Waals surface area contributed by atoms with Gasteiger partial charge in [0.15, 0.2) is 0 Å². The topological polar surface area (TPSA) is 108 Å². The summed E-state index contributed by atoms with van der Waals surface area (Å²) in [5.41, 5.74) is 10.0. The third-order valence-corrected chi connectivity index (χ3v) is 7.98. The predicted octanol–water partition coefficient (Wildman–Crippen LogP) is 3.90. The maximum Gasteiger partial charge on any atom is 0.255 e. The molecule has 2 aromatic rings. The fraction of sp³-hybridized carbons (Fsp3) is 0.516. The van der Waals surface area contributed by atoms with Gasteiger partial charge in [0.25, 0.3) is 11.8 Å². The molecule has 3 amide bonds. The predicted molar refractivity (Wildman–Crippen MR) is 155 cm³/mol. The summed E-state index contributed by atoms with van der Waals surface area (Å²) in [6.07, 6.45) is 3.95. The molecule has 0 radical (unpaired) electrons. The summed E-state index contributed by atoms with van der Waals surface area (Å²) in [5, 5.41) is 6.18. The molecule has 0 aromatic heterocycles. The molecule has 8 nitrogen and oxygen atoms in total. The number of carbonyl (C=O) groups excluding carboxylic acids is 3. The molecule has 2 fully saturated rings. The van der Waals surface area contributed by atoms with Gasteiger partial charge in [-0.05, 0) is 53.6 Å². The van der Waals surface area contributed by atoms with E-state index in [1.54, 1.807) is 13.0 Å². The fourth-order valence-electron chi connectivity index (χ4n) is 5.34. The van der Waals surface area contributed by atoms with E-state index in [0.29, 0.717) is 36.4 Å². The Balaban J connectivity index is 1.54. The molecule has 2 aliphatic rings. The molecule has 0 spiro atoms. The first kappa shape index (κ1) is 28.8. The number of benzene rings is 2. The molecule has 1 heterocycles. The Morgan fingerprint density at radius 2 is 1.54 bits per heavy atom. The summed E-state index contributed by atoms with van der Waals surface area (Å²) >= 11 is 0. The zero-order valence-corrected chi connectivity index (χ0v) is 23.8. The second-order valence-electron chi connectivity index (χ2n) is 12.0. The zero-order chi connectivity index (χ0) is 28.2. The molecule has 8 heteroatoms. The quantitative estimate of drug-likeness (QED) is 0.522. The molecule has 2 unspecified atom stereocenters. The average molecular weight is 534 g/mol. The van der Waals surface area contributed by atoms with Crippen molar-refractivity contribution in [3.63, 3.8) is 0 Å². The van der Waals surface area contributed by atoms with Crippen LogP contribution >= 0.6 is 0 Å². The van der Waals surface area contributed by atoms with Crippen molar-refractivity contribution in [1.29, 1.82) is 0 Å². The van der Waals surface area contributed by atoms with E-state index in [1.165, 1.54) is 0 Å². The number of piperazine rings is 1. The summed E-state index contributed by atoms with van der Waals surface area (Å²) in [6.45, 7) is 11.5. The van der Waals surface area contributed by atoms with Crippen molar-refractivity contribution < 1.29 is 14.4 Å². The van der Waals surface area contributed by atoms with Crippen molar-refractivity contribution in [2.75, 3.05) is 31.5 Å². The smallest absolute Gasteiger partial charge is 0.255 e. The van der Waals surface area contributed by atoms with Crippen molar-refractivity contribution in [2.24, 2.45) is 5.73 Å². The zero-order valence-electron chi connectivity index (χ0n) is 23.8. The number of hydrogen-bond donors (Lipinski definition) is 3. The van der Waals surface area contributed by atoms with Gasteiger partial charge in [0, 0.05) is 68.5 Å². The monoisotopic (exact) mass is 533 g/mol. The van der Waals surface area contributed by atoms with Crippen molar-refractivity contribution >= 4 is 23.4 Å². The number of rotatable bonds is 6. The molecule has 1 aliphatic heterocycles. The van der Waals surface area contributed by atoms with Crippen LogP contribution in [0.2, 0.25) is 0 Å². The van der Waals surface area contributed by atoms with Gasteiger partial charge in [-0.2, -0.15) is 0 Å². The van der Waals surface area contributed by atoms with Gasteiger partial charge >= 0.3 is 0 Å². The Morgan fingerprint density at radius 3 is 2.15 bits per heavy atom. The second kappa shape index (κ2) is 12.3. The molecule has 4 N–H and O–H groups in total. The van der Waals surface area contributed by atoms with Crippen LogP contribution in [0.1, 0.15) is 85.2 Å². The maximum atomic E-state index is 13.3. The van der Waals surface area contributed by atoms with Crippen molar-refractivity contribution in [3.05, 3.63) is 64.7 Å². The minimum atomic E-state index is -0.218. The van der Waals surface area contributed by atoms with Crippen LogP contribution < -0.4 is 16.4 Å². The lowest BCUT2D eigenvalue weighted by molar-refractivity contribution is -0.130. The summed E-state index contributed by atoms with van der Waals surface area (Å²) in [4.78, 5) is 42.3. The van der Waals surface area contributed by atoms with Crippen LogP contribution in [0.25, 0.3) is 0 Å². The molecule has 4 rings (SSSR count). The summed E-state index contributed by atoms with van der Waals surface area (Å²) in [6, 6.07) is 13.1. The van der Waals surface area contributed by atoms with E-state index < -0.39 is 0 Å². The van der Waals surface area contributed by atoms with Gasteiger partial charge in [-0.3, -0.25) is 19.3 Å². The first-order valence-electron chi connectivity index (χ1n) is 14.1. The highest BCUT2D eigenvalue weighted by Gasteiger charge is 2.25. The van der Waals surface area contributed by atoms with Crippen LogP contribution in [0.15, 0.2) is 42.5 Å². The minimum absolute atomic E-state index is 0.00283. The highest BCUT2D eigenvalue weighted by atomic mass is 16.2. The van der Waals surface area contributed by atoms with E-state index in [4.69, 9.17) is 5.73 Å². The number of nitrogens with zero attached hydrogens (tertiary/aromatic N) is 2. The lowest BCUT2D eigenvalue weighted by Gasteiger charge is -2.34. The third-order valence-electron chi connectivity index (χ3n) is 7.98. The van der Waals surface area contributed by atoms with E-state index >= 15 is 0 Å². The van der Waals surface area contributed by atoms with Crippen LogP contribution in [0, 0.1) is 0 Å². The first-order valence-corrected chi connectivity index (χ1v) is 14.1. The number of carbonyl (C=O) groups is 3. The number of nitrogens with one attached hydrogen (secondary N) is 2. The Hall–Kier alpha value is -3.23. The van der Waals surface area contributed by atoms with E-state index in [2.05, 4.69) is 36.3 Å². The highest BCUT2D eigenvalue weighted by Crippen LogP contribution is 2.25. The van der Waals surface area contributed by atoms with Crippen molar-refractivity contribution in [1.82, 2.24) is 15.1 Å². The van der Waals surface area contributed by atoms with Crippen LogP contribution in [-0.2, 0) is 16.8 Å². The Morgan fingerprint density at radius 1 is 0.897 bits per heavy atom. The first-order chi connectivity index (χ1) is 18.5. The van der Waals surface area contributed by atoms with Crippen LogP contribution in [-0.4, -0.2) is 65.8 Å². The van der Waals surface area contributed by atoms with Gasteiger partial charge in [-0.15, -0.1) is 0 Å². The van der Waals surface area contributed by atoms with Gasteiger partial charge in [0.1, 0.15) is 0 Å². The van der Waals surface area contributed by atoms with Gasteiger partial charge in [-0.1, -0.05) is 51.8 Å². The van der Waals surface area contributed by atoms with E-state index in [9.17, 15) is 14.4 Å². The van der Waals surface area contributed by atoms with Gasteiger partial charge < -0.3 is 21.3 Å². The van der Waals surface area contributed by atoms with E-state index in [-0.39, 0.29) is 35.2 Å². The third kappa shape index (κ3) is 7.46. The molecular formula is C31H43N5O3. The standard InChI is InChI=1S/C31H43N5O3/c1-21(37)36-17-15-35(16-18-36)20-24-10-9-23(30(39)33-27-8-6-5-7-26(27)32)19-28(24)34-29(38)22-11-13-25(14-12-22)31(2,3)4/h9-14,19,26-27H,5-8,15-18,20,32H2,1-4H3,(H,33,39)(H,34,38). The second-order valence-corrected chi connectivity index (χ2v) is 12.0. The number of nitrogens with two attached hydrogens (primary N) is 1. The Labute approximate surface area is 232 Å². The van der Waals surface area contributed by atoms with Gasteiger partial charge in [0.2, 0.25) is 5.91 Å². The molecule has 0 bridgehead atoms. The van der Waals surface area contributed by atoms with Crippen LogP contribution in [0.4, 0.5) is 5.69 Å². The van der Waals surface area contributed by atoms with Gasteiger partial charge in [-0.25, -0.2) is 0 Å². The number of hydrogen-bond acceptors (Lipinski definition) is 5. The van der Waals surface area contributed by atoms with Crippen LogP contribution in [0.5, 0.6) is 0 Å². The lowest BCUT2D eigenvalue weighted by Crippen LogP contribution is -2.49. The van der Waals surface area contributed by atoms with Gasteiger partial charge in [0.05, 0.1) is 0 Å². The molecule has 210 valence electrons. The van der Waals surface area contributed by atoms with E-state index in [0.717, 1.165) is 49.9 Å². The average Bonchev–Trinajstić information content (AvgIpc) is 2.90. The fourth-order valence-corrected chi connectivity index (χ4v) is 5.34.